The molecular formula is C12H24N2OS. The Labute approximate surface area is 103 Å². The van der Waals surface area contributed by atoms with E-state index in [-0.39, 0.29) is 0 Å². The average molecular weight is 244 g/mol. The zero-order valence-corrected chi connectivity index (χ0v) is 11.0. The predicted molar refractivity (Wildman–Crippen MR) is 69.9 cm³/mol. The normalized spacial score (nSPS) is 29.8. The lowest BCUT2D eigenvalue weighted by Crippen LogP contribution is -2.49. The summed E-state index contributed by atoms with van der Waals surface area (Å²) in [6.07, 6.45) is 3.71. The molecule has 3 nitrogen and oxygen atoms in total. The van der Waals surface area contributed by atoms with Crippen LogP contribution in [0.4, 0.5) is 0 Å². The van der Waals surface area contributed by atoms with Crippen molar-refractivity contribution < 1.29 is 4.74 Å². The van der Waals surface area contributed by atoms with E-state index in [4.69, 9.17) is 10.5 Å². The minimum Gasteiger partial charge on any atom is -0.381 e. The Bertz CT molecular complexity index is 203. The third kappa shape index (κ3) is 2.92. The smallest absolute Gasteiger partial charge is 0.0469 e. The van der Waals surface area contributed by atoms with Gasteiger partial charge in [-0.05, 0) is 38.0 Å². The first-order valence-electron chi connectivity index (χ1n) is 6.40. The van der Waals surface area contributed by atoms with Crippen LogP contribution < -0.4 is 5.73 Å². The van der Waals surface area contributed by atoms with Gasteiger partial charge in [0.15, 0.2) is 0 Å². The highest BCUT2D eigenvalue weighted by atomic mass is 32.2. The van der Waals surface area contributed by atoms with Crippen molar-refractivity contribution in [3.05, 3.63) is 0 Å². The van der Waals surface area contributed by atoms with Crippen molar-refractivity contribution >= 4 is 11.8 Å². The molecule has 2 aliphatic heterocycles. The molecule has 0 saturated carbocycles. The van der Waals surface area contributed by atoms with Crippen molar-refractivity contribution in [2.75, 3.05) is 38.3 Å². The minimum atomic E-state index is 0.563. The van der Waals surface area contributed by atoms with Gasteiger partial charge >= 0.3 is 0 Å². The lowest BCUT2D eigenvalue weighted by molar-refractivity contribution is 0.0262. The van der Waals surface area contributed by atoms with Crippen molar-refractivity contribution in [2.24, 2.45) is 11.7 Å². The molecule has 2 heterocycles. The molecule has 0 spiro atoms. The fraction of sp³-hybridized carbons (Fsp3) is 1.00. The number of nitrogens with two attached hydrogens (primary N) is 1. The molecule has 2 rings (SSSR count). The molecule has 0 radical (unpaired) electrons. The lowest BCUT2D eigenvalue weighted by atomic mass is 9.90. The van der Waals surface area contributed by atoms with Gasteiger partial charge in [0.25, 0.3) is 0 Å². The molecule has 0 aliphatic carbocycles. The van der Waals surface area contributed by atoms with Gasteiger partial charge in [-0.1, -0.05) is 0 Å². The van der Waals surface area contributed by atoms with Crippen LogP contribution in [-0.4, -0.2) is 55.3 Å². The number of hydrogen-bond donors (Lipinski definition) is 1. The van der Waals surface area contributed by atoms with Crippen LogP contribution in [0.5, 0.6) is 0 Å². The SMILES string of the molecule is CN(C1CCSC1)C(CN)C1CCOCC1. The van der Waals surface area contributed by atoms with E-state index < -0.39 is 0 Å². The van der Waals surface area contributed by atoms with Crippen LogP contribution in [-0.2, 0) is 4.74 Å². The van der Waals surface area contributed by atoms with Gasteiger partial charge in [-0.15, -0.1) is 0 Å². The Balaban J connectivity index is 1.91. The zero-order valence-electron chi connectivity index (χ0n) is 10.2. The Morgan fingerprint density at radius 2 is 2.12 bits per heavy atom. The van der Waals surface area contributed by atoms with Crippen LogP contribution in [0.15, 0.2) is 0 Å². The molecule has 0 aromatic rings. The van der Waals surface area contributed by atoms with Gasteiger partial charge in [-0.3, -0.25) is 4.90 Å². The number of nitrogens with zero attached hydrogens (tertiary/aromatic N) is 1. The van der Waals surface area contributed by atoms with E-state index in [0.717, 1.165) is 31.7 Å². The molecule has 2 saturated heterocycles. The molecule has 2 unspecified atom stereocenters. The fourth-order valence-electron chi connectivity index (χ4n) is 2.91. The first-order valence-corrected chi connectivity index (χ1v) is 7.56. The highest BCUT2D eigenvalue weighted by Gasteiger charge is 2.31. The second-order valence-corrected chi connectivity index (χ2v) is 6.09. The summed E-state index contributed by atoms with van der Waals surface area (Å²) in [7, 11) is 2.27. The molecule has 2 atom stereocenters. The molecule has 94 valence electrons. The van der Waals surface area contributed by atoms with E-state index in [0.29, 0.717) is 6.04 Å². The molecule has 0 amide bonds. The Hall–Kier alpha value is 0.230. The molecule has 16 heavy (non-hydrogen) atoms. The molecule has 4 heteroatoms. The molecular weight excluding hydrogens is 220 g/mol. The predicted octanol–water partition coefficient (Wildman–Crippen LogP) is 1.18. The van der Waals surface area contributed by atoms with Gasteiger partial charge in [0, 0.05) is 37.6 Å². The van der Waals surface area contributed by atoms with Crippen LogP contribution in [0.2, 0.25) is 0 Å². The molecule has 2 N–H and O–H groups in total. The average Bonchev–Trinajstić information content (AvgIpc) is 2.85. The second kappa shape index (κ2) is 6.24. The van der Waals surface area contributed by atoms with Crippen LogP contribution in [0.3, 0.4) is 0 Å². The Morgan fingerprint density at radius 3 is 2.69 bits per heavy atom. The van der Waals surface area contributed by atoms with Gasteiger partial charge < -0.3 is 10.5 Å². The first kappa shape index (κ1) is 12.7. The molecule has 0 bridgehead atoms. The lowest BCUT2D eigenvalue weighted by Gasteiger charge is -2.38. The highest BCUT2D eigenvalue weighted by Crippen LogP contribution is 2.28. The quantitative estimate of drug-likeness (QED) is 0.806. The minimum absolute atomic E-state index is 0.563. The maximum Gasteiger partial charge on any atom is 0.0469 e. The largest absolute Gasteiger partial charge is 0.381 e. The van der Waals surface area contributed by atoms with Crippen molar-refractivity contribution in [1.29, 1.82) is 0 Å². The monoisotopic (exact) mass is 244 g/mol. The van der Waals surface area contributed by atoms with Crippen LogP contribution in [0.1, 0.15) is 19.3 Å². The fourth-order valence-corrected chi connectivity index (χ4v) is 4.19. The van der Waals surface area contributed by atoms with Gasteiger partial charge in [-0.2, -0.15) is 11.8 Å². The van der Waals surface area contributed by atoms with Crippen molar-refractivity contribution in [2.45, 2.75) is 31.3 Å². The van der Waals surface area contributed by atoms with Gasteiger partial charge in [0.1, 0.15) is 0 Å². The van der Waals surface area contributed by atoms with Gasteiger partial charge in [-0.25, -0.2) is 0 Å². The third-order valence-corrected chi connectivity index (χ3v) is 5.20. The summed E-state index contributed by atoms with van der Waals surface area (Å²) in [5.41, 5.74) is 5.98. The van der Waals surface area contributed by atoms with E-state index in [1.165, 1.54) is 30.8 Å². The molecule has 0 aromatic carbocycles. The van der Waals surface area contributed by atoms with Crippen LogP contribution >= 0.6 is 11.8 Å². The number of ether oxygens (including phenoxy) is 1. The number of rotatable bonds is 4. The van der Waals surface area contributed by atoms with E-state index >= 15 is 0 Å². The van der Waals surface area contributed by atoms with E-state index in [2.05, 4.69) is 23.7 Å². The topological polar surface area (TPSA) is 38.5 Å². The number of likely N-dealkylation sites (N-methyl/N-ethyl adjacent to an activating group) is 1. The van der Waals surface area contributed by atoms with Crippen molar-refractivity contribution in [3.63, 3.8) is 0 Å². The van der Waals surface area contributed by atoms with E-state index in [1.54, 1.807) is 0 Å². The summed E-state index contributed by atoms with van der Waals surface area (Å²) in [4.78, 5) is 2.55. The van der Waals surface area contributed by atoms with Crippen molar-refractivity contribution in [3.8, 4) is 0 Å². The van der Waals surface area contributed by atoms with Crippen LogP contribution in [0.25, 0.3) is 0 Å². The molecule has 2 aliphatic rings. The summed E-state index contributed by atoms with van der Waals surface area (Å²) < 4.78 is 5.44. The maximum absolute atomic E-state index is 5.98. The van der Waals surface area contributed by atoms with Gasteiger partial charge in [0.05, 0.1) is 0 Å². The molecule has 0 aromatic heterocycles. The Morgan fingerprint density at radius 1 is 1.38 bits per heavy atom. The van der Waals surface area contributed by atoms with E-state index in [1.807, 2.05) is 0 Å². The maximum atomic E-state index is 5.98. The van der Waals surface area contributed by atoms with Crippen molar-refractivity contribution in [1.82, 2.24) is 4.90 Å². The third-order valence-electron chi connectivity index (χ3n) is 4.06. The summed E-state index contributed by atoms with van der Waals surface area (Å²) >= 11 is 2.08. The summed E-state index contributed by atoms with van der Waals surface area (Å²) in [5.74, 6) is 3.35. The standard InChI is InChI=1S/C12H24N2OS/c1-14(11-4-7-16-9-11)12(8-13)10-2-5-15-6-3-10/h10-12H,2-9,13H2,1H3. The Kier molecular flexibility index (Phi) is 4.95. The highest BCUT2D eigenvalue weighted by molar-refractivity contribution is 7.99. The van der Waals surface area contributed by atoms with Gasteiger partial charge in [0.2, 0.25) is 0 Å². The number of thioether (sulfide) groups is 1. The second-order valence-electron chi connectivity index (χ2n) is 4.94. The summed E-state index contributed by atoms with van der Waals surface area (Å²) in [5, 5.41) is 0. The van der Waals surface area contributed by atoms with Crippen LogP contribution in [0, 0.1) is 5.92 Å². The summed E-state index contributed by atoms with van der Waals surface area (Å²) in [6.45, 7) is 2.64. The first-order chi connectivity index (χ1) is 7.83. The summed E-state index contributed by atoms with van der Waals surface area (Å²) in [6, 6.07) is 1.31. The number of hydrogen-bond acceptors (Lipinski definition) is 4. The zero-order chi connectivity index (χ0) is 11.4. The molecule has 2 fully saturated rings. The van der Waals surface area contributed by atoms with E-state index in [9.17, 15) is 0 Å².